The summed E-state index contributed by atoms with van der Waals surface area (Å²) < 4.78 is 36.7. The van der Waals surface area contributed by atoms with Crippen molar-refractivity contribution in [3.05, 3.63) is 11.8 Å². The molecular formula is C7H6F3N3O. The largest absolute Gasteiger partial charge is 0.506 e. The lowest BCUT2D eigenvalue weighted by Gasteiger charge is -2.16. The van der Waals surface area contributed by atoms with Crippen molar-refractivity contribution in [3.8, 4) is 0 Å². The quantitative estimate of drug-likeness (QED) is 0.692. The lowest BCUT2D eigenvalue weighted by Crippen LogP contribution is -2.26. The van der Waals surface area contributed by atoms with Crippen LogP contribution in [0.25, 0.3) is 0 Å². The number of rotatable bonds is 0. The van der Waals surface area contributed by atoms with Crippen molar-refractivity contribution in [2.24, 2.45) is 0 Å². The fraction of sp³-hybridized carbons (Fsp3) is 0.429. The lowest BCUT2D eigenvalue weighted by molar-refractivity contribution is -0.210. The SMILES string of the molecule is O=C1CCc2cnn(C(F)(F)F)c2N1. The Bertz CT molecular complexity index is 382. The number of carbonyl (C=O) groups is 1. The molecule has 1 aromatic heterocycles. The maximum absolute atomic E-state index is 12.3. The Morgan fingerprint density at radius 3 is 2.79 bits per heavy atom. The molecule has 4 nitrogen and oxygen atoms in total. The third-order valence-electron chi connectivity index (χ3n) is 1.96. The van der Waals surface area contributed by atoms with Crippen LogP contribution in [0.2, 0.25) is 0 Å². The highest BCUT2D eigenvalue weighted by Crippen LogP contribution is 2.30. The number of halogens is 3. The average molecular weight is 205 g/mol. The van der Waals surface area contributed by atoms with Crippen LogP contribution in [0.15, 0.2) is 6.20 Å². The highest BCUT2D eigenvalue weighted by Gasteiger charge is 2.36. The molecule has 0 atom stereocenters. The van der Waals surface area contributed by atoms with E-state index in [0.29, 0.717) is 12.0 Å². The zero-order valence-corrected chi connectivity index (χ0v) is 6.93. The predicted octanol–water partition coefficient (Wildman–Crippen LogP) is 1.24. The first kappa shape index (κ1) is 9.04. The molecule has 1 aliphatic heterocycles. The van der Waals surface area contributed by atoms with E-state index in [2.05, 4.69) is 10.4 Å². The molecule has 7 heteroatoms. The summed E-state index contributed by atoms with van der Waals surface area (Å²) in [6, 6.07) is 0. The van der Waals surface area contributed by atoms with E-state index in [9.17, 15) is 18.0 Å². The molecule has 1 amide bonds. The molecule has 0 fully saturated rings. The summed E-state index contributed by atoms with van der Waals surface area (Å²) >= 11 is 0. The van der Waals surface area contributed by atoms with E-state index >= 15 is 0 Å². The van der Waals surface area contributed by atoms with Crippen molar-refractivity contribution >= 4 is 11.7 Å². The van der Waals surface area contributed by atoms with Crippen LogP contribution >= 0.6 is 0 Å². The molecule has 0 saturated carbocycles. The molecular weight excluding hydrogens is 199 g/mol. The third-order valence-corrected chi connectivity index (χ3v) is 1.96. The topological polar surface area (TPSA) is 46.9 Å². The van der Waals surface area contributed by atoms with Crippen LogP contribution in [0.1, 0.15) is 12.0 Å². The molecule has 0 aliphatic carbocycles. The predicted molar refractivity (Wildman–Crippen MR) is 40.5 cm³/mol. The summed E-state index contributed by atoms with van der Waals surface area (Å²) in [5.74, 6) is -0.669. The Morgan fingerprint density at radius 1 is 1.43 bits per heavy atom. The first-order valence-electron chi connectivity index (χ1n) is 3.92. The summed E-state index contributed by atoms with van der Waals surface area (Å²) in [6.45, 7) is 0. The molecule has 0 unspecified atom stereocenters. The van der Waals surface area contributed by atoms with Gasteiger partial charge >= 0.3 is 6.30 Å². The molecule has 0 bridgehead atoms. The van der Waals surface area contributed by atoms with Crippen LogP contribution in [-0.2, 0) is 17.5 Å². The van der Waals surface area contributed by atoms with E-state index < -0.39 is 12.2 Å². The molecule has 0 spiro atoms. The zero-order chi connectivity index (χ0) is 10.3. The van der Waals surface area contributed by atoms with Crippen LogP contribution in [0, 0.1) is 0 Å². The second-order valence-corrected chi connectivity index (χ2v) is 2.95. The molecule has 1 N–H and O–H groups in total. The van der Waals surface area contributed by atoms with E-state index in [1.54, 1.807) is 0 Å². The average Bonchev–Trinajstić information content (AvgIpc) is 2.45. The number of hydrogen-bond donors (Lipinski definition) is 1. The van der Waals surface area contributed by atoms with Crippen molar-refractivity contribution in [2.75, 3.05) is 5.32 Å². The van der Waals surface area contributed by atoms with E-state index in [1.165, 1.54) is 0 Å². The fourth-order valence-corrected chi connectivity index (χ4v) is 1.33. The molecule has 2 heterocycles. The van der Waals surface area contributed by atoms with Gasteiger partial charge in [-0.15, -0.1) is 13.2 Å². The van der Waals surface area contributed by atoms with Crippen molar-refractivity contribution in [1.82, 2.24) is 9.78 Å². The minimum absolute atomic E-state index is 0.126. The second-order valence-electron chi connectivity index (χ2n) is 2.95. The number of aromatic nitrogens is 2. The lowest BCUT2D eigenvalue weighted by atomic mass is 10.1. The van der Waals surface area contributed by atoms with Crippen LogP contribution in [0.4, 0.5) is 19.0 Å². The summed E-state index contributed by atoms with van der Waals surface area (Å²) in [7, 11) is 0. The first-order chi connectivity index (χ1) is 6.48. The van der Waals surface area contributed by atoms with Gasteiger partial charge in [0.25, 0.3) is 0 Å². The van der Waals surface area contributed by atoms with E-state index in [4.69, 9.17) is 0 Å². The van der Waals surface area contributed by atoms with Crippen LogP contribution in [0.5, 0.6) is 0 Å². The van der Waals surface area contributed by atoms with Gasteiger partial charge in [-0.3, -0.25) is 4.79 Å². The van der Waals surface area contributed by atoms with Gasteiger partial charge in [0.1, 0.15) is 5.82 Å². The Labute approximate surface area is 76.7 Å². The highest BCUT2D eigenvalue weighted by molar-refractivity contribution is 5.92. The number of nitrogens with one attached hydrogen (secondary N) is 1. The zero-order valence-electron chi connectivity index (χ0n) is 6.93. The second kappa shape index (κ2) is 2.73. The number of fused-ring (bicyclic) bond motifs is 1. The van der Waals surface area contributed by atoms with Crippen molar-refractivity contribution in [1.29, 1.82) is 0 Å². The van der Waals surface area contributed by atoms with Crippen LogP contribution < -0.4 is 5.32 Å². The number of nitrogens with zero attached hydrogens (tertiary/aromatic N) is 2. The highest BCUT2D eigenvalue weighted by atomic mass is 19.4. The van der Waals surface area contributed by atoms with Crippen molar-refractivity contribution in [3.63, 3.8) is 0 Å². The first-order valence-corrected chi connectivity index (χ1v) is 3.92. The molecule has 0 aromatic carbocycles. The van der Waals surface area contributed by atoms with Gasteiger partial charge in [-0.05, 0) is 6.42 Å². The summed E-state index contributed by atoms with van der Waals surface area (Å²) in [5, 5.41) is 5.34. The Hall–Kier alpha value is -1.53. The Morgan fingerprint density at radius 2 is 2.14 bits per heavy atom. The van der Waals surface area contributed by atoms with Crippen molar-refractivity contribution < 1.29 is 18.0 Å². The standard InChI is InChI=1S/C7H6F3N3O/c8-7(9,10)13-6-4(3-11-13)1-2-5(14)12-6/h3H,1-2H2,(H,12,14). The minimum Gasteiger partial charge on any atom is -0.310 e. The van der Waals surface area contributed by atoms with Crippen LogP contribution in [-0.4, -0.2) is 15.7 Å². The summed E-state index contributed by atoms with van der Waals surface area (Å²) in [6.07, 6.45) is -2.95. The van der Waals surface area contributed by atoms with Gasteiger partial charge in [0.15, 0.2) is 0 Å². The number of alkyl halides is 3. The smallest absolute Gasteiger partial charge is 0.310 e. The van der Waals surface area contributed by atoms with Gasteiger partial charge in [-0.1, -0.05) is 0 Å². The maximum Gasteiger partial charge on any atom is 0.506 e. The molecule has 2 rings (SSSR count). The van der Waals surface area contributed by atoms with Gasteiger partial charge in [-0.2, -0.15) is 9.78 Å². The monoisotopic (exact) mass is 205 g/mol. The molecule has 0 saturated heterocycles. The number of carbonyl (C=O) groups excluding carboxylic acids is 1. The van der Waals surface area contributed by atoms with Gasteiger partial charge in [-0.25, -0.2) is 0 Å². The number of hydrogen-bond acceptors (Lipinski definition) is 2. The van der Waals surface area contributed by atoms with E-state index in [1.807, 2.05) is 0 Å². The molecule has 1 aliphatic rings. The number of anilines is 1. The van der Waals surface area contributed by atoms with E-state index in [0.717, 1.165) is 6.20 Å². The minimum atomic E-state index is -4.59. The van der Waals surface area contributed by atoms with Crippen molar-refractivity contribution in [2.45, 2.75) is 19.1 Å². The number of amides is 1. The van der Waals surface area contributed by atoms with Crippen LogP contribution in [0.3, 0.4) is 0 Å². The molecule has 0 radical (unpaired) electrons. The number of aryl methyl sites for hydroxylation is 1. The van der Waals surface area contributed by atoms with Gasteiger partial charge in [0.2, 0.25) is 5.91 Å². The van der Waals surface area contributed by atoms with Gasteiger partial charge in [0.05, 0.1) is 6.20 Å². The van der Waals surface area contributed by atoms with E-state index in [-0.39, 0.29) is 16.9 Å². The molecule has 1 aromatic rings. The van der Waals surface area contributed by atoms with Gasteiger partial charge < -0.3 is 5.32 Å². The molecule has 76 valence electrons. The normalized spacial score (nSPS) is 16.4. The maximum atomic E-state index is 12.3. The third kappa shape index (κ3) is 1.34. The Balaban J connectivity index is 2.45. The fourth-order valence-electron chi connectivity index (χ4n) is 1.33. The molecule has 14 heavy (non-hydrogen) atoms. The summed E-state index contributed by atoms with van der Waals surface area (Å²) in [5.41, 5.74) is 0.418. The summed E-state index contributed by atoms with van der Waals surface area (Å²) in [4.78, 5) is 10.9. The van der Waals surface area contributed by atoms with Gasteiger partial charge in [0, 0.05) is 12.0 Å². The Kier molecular flexibility index (Phi) is 1.76.